The third-order valence-corrected chi connectivity index (χ3v) is 5.53. The summed E-state index contributed by atoms with van der Waals surface area (Å²) in [4.78, 5) is 4.69. The second-order valence-electron chi connectivity index (χ2n) is 7.73. The van der Waals surface area contributed by atoms with Crippen LogP contribution in [0.15, 0.2) is 66.9 Å². The van der Waals surface area contributed by atoms with E-state index in [1.807, 2.05) is 0 Å². The first-order valence-electron chi connectivity index (χ1n) is 10.9. The van der Waals surface area contributed by atoms with E-state index >= 15 is 0 Å². The number of rotatable bonds is 10. The number of hydrogen-bond donors (Lipinski definition) is 0. The van der Waals surface area contributed by atoms with Gasteiger partial charge in [-0.2, -0.15) is 0 Å². The maximum atomic E-state index is 4.69. The number of pyridine rings is 1. The Balaban J connectivity index is 1.53. The van der Waals surface area contributed by atoms with Gasteiger partial charge in [0, 0.05) is 11.8 Å². The van der Waals surface area contributed by atoms with Gasteiger partial charge in [-0.25, -0.2) is 0 Å². The van der Waals surface area contributed by atoms with Crippen LogP contribution in [0, 0.1) is 0 Å². The summed E-state index contributed by atoms with van der Waals surface area (Å²) in [6, 6.07) is 22.3. The molecule has 0 saturated heterocycles. The Morgan fingerprint density at radius 1 is 0.571 bits per heavy atom. The number of benzene rings is 2. The molecule has 0 N–H and O–H groups in total. The fourth-order valence-corrected chi connectivity index (χ4v) is 3.57. The molecule has 1 nitrogen and oxygen atoms in total. The standard InChI is InChI=1S/C27H33N/c1-3-5-6-7-8-25-17-20-27(28-21-25)26-18-15-24(16-19-26)14-13-23-11-9-22(4-2)10-12-23/h9-12,15-21H,3-8,13-14H2,1-2H3. The van der Waals surface area contributed by atoms with Gasteiger partial charge in [0.05, 0.1) is 5.69 Å². The average Bonchev–Trinajstić information content (AvgIpc) is 2.76. The van der Waals surface area contributed by atoms with Crippen LogP contribution in [0.2, 0.25) is 0 Å². The van der Waals surface area contributed by atoms with Crippen molar-refractivity contribution < 1.29 is 0 Å². The minimum absolute atomic E-state index is 1.07. The molecule has 3 rings (SSSR count). The second-order valence-corrected chi connectivity index (χ2v) is 7.73. The Morgan fingerprint density at radius 3 is 1.75 bits per heavy atom. The molecule has 0 radical (unpaired) electrons. The molecule has 2 aromatic carbocycles. The first kappa shape index (κ1) is 20.3. The van der Waals surface area contributed by atoms with Crippen LogP contribution < -0.4 is 0 Å². The summed E-state index contributed by atoms with van der Waals surface area (Å²) < 4.78 is 0. The van der Waals surface area contributed by atoms with Crippen LogP contribution in [0.3, 0.4) is 0 Å². The number of hydrogen-bond acceptors (Lipinski definition) is 1. The van der Waals surface area contributed by atoms with E-state index in [0.717, 1.165) is 31.4 Å². The zero-order valence-corrected chi connectivity index (χ0v) is 17.5. The average molecular weight is 372 g/mol. The highest BCUT2D eigenvalue weighted by Gasteiger charge is 2.02. The van der Waals surface area contributed by atoms with Crippen molar-refractivity contribution in [3.63, 3.8) is 0 Å². The topological polar surface area (TPSA) is 12.9 Å². The van der Waals surface area contributed by atoms with E-state index in [2.05, 4.69) is 85.7 Å². The van der Waals surface area contributed by atoms with Crippen LogP contribution in [-0.4, -0.2) is 4.98 Å². The van der Waals surface area contributed by atoms with Crippen LogP contribution in [0.5, 0.6) is 0 Å². The smallest absolute Gasteiger partial charge is 0.0702 e. The van der Waals surface area contributed by atoms with Crippen molar-refractivity contribution >= 4 is 0 Å². The van der Waals surface area contributed by atoms with E-state index in [0.29, 0.717) is 0 Å². The highest BCUT2D eigenvalue weighted by molar-refractivity contribution is 5.59. The molecule has 1 heteroatoms. The molecule has 0 atom stereocenters. The van der Waals surface area contributed by atoms with Gasteiger partial charge in [-0.3, -0.25) is 4.98 Å². The molecule has 0 unspecified atom stereocenters. The number of aromatic nitrogens is 1. The summed E-state index contributed by atoms with van der Waals surface area (Å²) in [6.07, 6.45) is 11.7. The number of aryl methyl sites for hydroxylation is 4. The Labute approximate surface area is 170 Å². The van der Waals surface area contributed by atoms with Crippen molar-refractivity contribution in [2.24, 2.45) is 0 Å². The van der Waals surface area contributed by atoms with Gasteiger partial charge in [0.25, 0.3) is 0 Å². The van der Waals surface area contributed by atoms with Gasteiger partial charge in [0.15, 0.2) is 0 Å². The van der Waals surface area contributed by atoms with Gasteiger partial charge >= 0.3 is 0 Å². The maximum absolute atomic E-state index is 4.69. The molecule has 0 bridgehead atoms. The van der Waals surface area contributed by atoms with E-state index in [-0.39, 0.29) is 0 Å². The predicted molar refractivity (Wildman–Crippen MR) is 121 cm³/mol. The molecular formula is C27H33N. The van der Waals surface area contributed by atoms with E-state index in [4.69, 9.17) is 0 Å². The summed E-state index contributed by atoms with van der Waals surface area (Å²) in [6.45, 7) is 4.46. The van der Waals surface area contributed by atoms with Gasteiger partial charge in [-0.15, -0.1) is 0 Å². The van der Waals surface area contributed by atoms with Crippen molar-refractivity contribution in [2.45, 2.75) is 65.2 Å². The minimum Gasteiger partial charge on any atom is -0.256 e. The van der Waals surface area contributed by atoms with Crippen molar-refractivity contribution in [3.05, 3.63) is 89.1 Å². The summed E-state index contributed by atoms with van der Waals surface area (Å²) in [7, 11) is 0. The largest absolute Gasteiger partial charge is 0.256 e. The first-order chi connectivity index (χ1) is 13.8. The lowest BCUT2D eigenvalue weighted by atomic mass is 10.0. The first-order valence-corrected chi connectivity index (χ1v) is 10.9. The van der Waals surface area contributed by atoms with Crippen molar-refractivity contribution in [3.8, 4) is 11.3 Å². The van der Waals surface area contributed by atoms with Gasteiger partial charge < -0.3 is 0 Å². The zero-order chi connectivity index (χ0) is 19.6. The zero-order valence-electron chi connectivity index (χ0n) is 17.5. The number of nitrogens with zero attached hydrogens (tertiary/aromatic N) is 1. The lowest BCUT2D eigenvalue weighted by Crippen LogP contribution is -1.93. The Bertz CT molecular complexity index is 814. The third kappa shape index (κ3) is 6.05. The summed E-state index contributed by atoms with van der Waals surface area (Å²) in [5.74, 6) is 0. The lowest BCUT2D eigenvalue weighted by Gasteiger charge is -2.06. The normalized spacial score (nSPS) is 10.9. The minimum atomic E-state index is 1.07. The van der Waals surface area contributed by atoms with Crippen molar-refractivity contribution in [1.82, 2.24) is 4.98 Å². The Hall–Kier alpha value is -2.41. The quantitative estimate of drug-likeness (QED) is 0.343. The molecule has 0 amide bonds. The summed E-state index contributed by atoms with van der Waals surface area (Å²) >= 11 is 0. The predicted octanol–water partition coefficient (Wildman–Crippen LogP) is 7.22. The Kier molecular flexibility index (Phi) is 7.84. The van der Waals surface area contributed by atoms with Crippen LogP contribution in [0.4, 0.5) is 0 Å². The molecule has 1 heterocycles. The maximum Gasteiger partial charge on any atom is 0.0702 e. The fourth-order valence-electron chi connectivity index (χ4n) is 3.57. The van der Waals surface area contributed by atoms with Crippen LogP contribution in [-0.2, 0) is 25.7 Å². The van der Waals surface area contributed by atoms with E-state index < -0.39 is 0 Å². The SMILES string of the molecule is CCCCCCc1ccc(-c2ccc(CCc3ccc(CC)cc3)cc2)nc1. The van der Waals surface area contributed by atoms with Gasteiger partial charge in [0.2, 0.25) is 0 Å². The Morgan fingerprint density at radius 2 is 1.18 bits per heavy atom. The molecule has 0 aliphatic heterocycles. The van der Waals surface area contributed by atoms with Crippen LogP contribution >= 0.6 is 0 Å². The molecule has 1 aromatic heterocycles. The molecule has 0 aliphatic carbocycles. The van der Waals surface area contributed by atoms with Crippen molar-refractivity contribution in [1.29, 1.82) is 0 Å². The monoisotopic (exact) mass is 371 g/mol. The van der Waals surface area contributed by atoms with Crippen molar-refractivity contribution in [2.75, 3.05) is 0 Å². The van der Waals surface area contributed by atoms with E-state index in [9.17, 15) is 0 Å². The van der Waals surface area contributed by atoms with E-state index in [1.165, 1.54) is 53.5 Å². The van der Waals surface area contributed by atoms with Gasteiger partial charge in [-0.1, -0.05) is 87.7 Å². The molecule has 28 heavy (non-hydrogen) atoms. The van der Waals surface area contributed by atoms with E-state index in [1.54, 1.807) is 0 Å². The number of unbranched alkanes of at least 4 members (excludes halogenated alkanes) is 3. The van der Waals surface area contributed by atoms with Crippen LogP contribution in [0.25, 0.3) is 11.3 Å². The highest BCUT2D eigenvalue weighted by atomic mass is 14.7. The lowest BCUT2D eigenvalue weighted by molar-refractivity contribution is 0.666. The summed E-state index contributed by atoms with van der Waals surface area (Å²) in [5, 5.41) is 0. The molecule has 0 spiro atoms. The fraction of sp³-hybridized carbons (Fsp3) is 0.370. The molecule has 0 saturated carbocycles. The highest BCUT2D eigenvalue weighted by Crippen LogP contribution is 2.19. The molecule has 0 aliphatic rings. The summed E-state index contributed by atoms with van der Waals surface area (Å²) in [5.41, 5.74) is 7.83. The molecule has 3 aromatic rings. The molecular weight excluding hydrogens is 338 g/mol. The second kappa shape index (κ2) is 10.8. The third-order valence-electron chi connectivity index (χ3n) is 5.53. The molecule has 0 fully saturated rings. The molecule has 146 valence electrons. The van der Waals surface area contributed by atoms with Crippen LogP contribution in [0.1, 0.15) is 61.8 Å². The van der Waals surface area contributed by atoms with Gasteiger partial charge in [-0.05, 0) is 60.4 Å². The van der Waals surface area contributed by atoms with Gasteiger partial charge in [0.1, 0.15) is 0 Å².